The zero-order valence-electron chi connectivity index (χ0n) is 15.8. The van der Waals surface area contributed by atoms with Crippen LogP contribution in [0.5, 0.6) is 0 Å². The fraction of sp³-hybridized carbons (Fsp3) is 0.429. The van der Waals surface area contributed by atoms with E-state index < -0.39 is 15.6 Å². The zero-order valence-corrected chi connectivity index (χ0v) is 16.6. The van der Waals surface area contributed by atoms with E-state index in [2.05, 4.69) is 0 Å². The summed E-state index contributed by atoms with van der Waals surface area (Å²) in [5.74, 6) is -0.293. The molecule has 0 saturated carbocycles. The first-order valence-corrected chi connectivity index (χ1v) is 10.9. The number of morpholine rings is 1. The van der Waals surface area contributed by atoms with Crippen LogP contribution in [0.15, 0.2) is 53.4 Å². The first-order valence-electron chi connectivity index (χ1n) is 9.46. The average Bonchev–Trinajstić information content (AvgIpc) is 2.69. The van der Waals surface area contributed by atoms with Gasteiger partial charge in [-0.25, -0.2) is 12.8 Å². The number of nitrogens with zero attached hydrogens (tertiary/aromatic N) is 1. The van der Waals surface area contributed by atoms with Crippen molar-refractivity contribution in [1.82, 2.24) is 4.31 Å². The third kappa shape index (κ3) is 3.85. The van der Waals surface area contributed by atoms with Gasteiger partial charge in [-0.3, -0.25) is 0 Å². The summed E-state index contributed by atoms with van der Waals surface area (Å²) in [6.45, 7) is 3.38. The molecule has 2 saturated heterocycles. The fourth-order valence-electron chi connectivity index (χ4n) is 3.93. The number of benzene rings is 2. The molecule has 5 nitrogen and oxygen atoms in total. The van der Waals surface area contributed by atoms with E-state index in [1.807, 2.05) is 19.1 Å². The van der Waals surface area contributed by atoms with Crippen molar-refractivity contribution in [3.8, 4) is 0 Å². The quantitative estimate of drug-likeness (QED) is 0.785. The van der Waals surface area contributed by atoms with Crippen molar-refractivity contribution in [1.29, 1.82) is 0 Å². The molecule has 2 aromatic rings. The van der Waals surface area contributed by atoms with E-state index in [1.54, 1.807) is 24.3 Å². The van der Waals surface area contributed by atoms with E-state index in [9.17, 15) is 12.8 Å². The number of hydrogen-bond donors (Lipinski definition) is 0. The minimum absolute atomic E-state index is 0.239. The number of rotatable bonds is 3. The lowest BCUT2D eigenvalue weighted by atomic mass is 9.86. The highest BCUT2D eigenvalue weighted by molar-refractivity contribution is 7.89. The molecule has 28 heavy (non-hydrogen) atoms. The number of halogens is 1. The van der Waals surface area contributed by atoms with Crippen molar-refractivity contribution in [2.24, 2.45) is 0 Å². The van der Waals surface area contributed by atoms with E-state index >= 15 is 0 Å². The molecule has 2 aromatic carbocycles. The first kappa shape index (κ1) is 19.5. The molecule has 0 unspecified atom stereocenters. The monoisotopic (exact) mass is 405 g/mol. The van der Waals surface area contributed by atoms with Crippen LogP contribution in [0.1, 0.15) is 30.1 Å². The molecule has 0 aliphatic carbocycles. The van der Waals surface area contributed by atoms with Gasteiger partial charge in [0.2, 0.25) is 10.0 Å². The van der Waals surface area contributed by atoms with E-state index in [0.29, 0.717) is 44.0 Å². The first-order chi connectivity index (χ1) is 13.4. The van der Waals surface area contributed by atoms with Gasteiger partial charge in [0.25, 0.3) is 0 Å². The van der Waals surface area contributed by atoms with Gasteiger partial charge in [-0.05, 0) is 36.8 Å². The largest absolute Gasteiger partial charge is 0.373 e. The van der Waals surface area contributed by atoms with Crippen molar-refractivity contribution in [2.45, 2.75) is 36.4 Å². The SMILES string of the molecule is Cc1ccc(S(=O)(=O)N2CCO[C@]3(CCO[C@H](c4ccc(F)cc4)C3)C2)cc1. The summed E-state index contributed by atoms with van der Waals surface area (Å²) in [6, 6.07) is 13.2. The van der Waals surface area contributed by atoms with Crippen molar-refractivity contribution in [2.75, 3.05) is 26.3 Å². The molecular formula is C21H24FNO4S. The Balaban J connectivity index is 1.55. The van der Waals surface area contributed by atoms with Gasteiger partial charge in [0.1, 0.15) is 5.82 Å². The Morgan fingerprint density at radius 2 is 1.79 bits per heavy atom. The highest BCUT2D eigenvalue weighted by Crippen LogP contribution is 2.39. The van der Waals surface area contributed by atoms with Gasteiger partial charge in [-0.15, -0.1) is 0 Å². The highest BCUT2D eigenvalue weighted by atomic mass is 32.2. The van der Waals surface area contributed by atoms with Gasteiger partial charge in [0.15, 0.2) is 0 Å². The van der Waals surface area contributed by atoms with E-state index in [0.717, 1.165) is 11.1 Å². The summed E-state index contributed by atoms with van der Waals surface area (Å²) in [7, 11) is -3.58. The normalized spacial score (nSPS) is 26.4. The smallest absolute Gasteiger partial charge is 0.243 e. The zero-order chi connectivity index (χ0) is 19.8. The molecule has 0 bridgehead atoms. The van der Waals surface area contributed by atoms with E-state index in [4.69, 9.17) is 9.47 Å². The molecule has 150 valence electrons. The van der Waals surface area contributed by atoms with Crippen LogP contribution in [0, 0.1) is 12.7 Å². The van der Waals surface area contributed by atoms with Crippen LogP contribution in [0.2, 0.25) is 0 Å². The predicted octanol–water partition coefficient (Wildman–Crippen LogP) is 3.45. The maximum atomic E-state index is 13.2. The van der Waals surface area contributed by atoms with Crippen LogP contribution in [-0.4, -0.2) is 44.6 Å². The van der Waals surface area contributed by atoms with Gasteiger partial charge in [-0.2, -0.15) is 4.31 Å². The summed E-state index contributed by atoms with van der Waals surface area (Å²) >= 11 is 0. The maximum Gasteiger partial charge on any atom is 0.243 e. The Hall–Kier alpha value is -1.80. The van der Waals surface area contributed by atoms with Crippen molar-refractivity contribution in [3.05, 3.63) is 65.5 Å². The summed E-state index contributed by atoms with van der Waals surface area (Å²) in [5.41, 5.74) is 1.30. The van der Waals surface area contributed by atoms with Crippen molar-refractivity contribution >= 4 is 10.0 Å². The maximum absolute atomic E-state index is 13.2. The molecule has 0 radical (unpaired) electrons. The minimum Gasteiger partial charge on any atom is -0.373 e. The third-order valence-corrected chi connectivity index (χ3v) is 7.41. The molecule has 2 fully saturated rings. The molecule has 2 atom stereocenters. The molecule has 0 amide bonds. The minimum atomic E-state index is -3.58. The van der Waals surface area contributed by atoms with Crippen molar-refractivity contribution in [3.63, 3.8) is 0 Å². The number of hydrogen-bond acceptors (Lipinski definition) is 4. The molecule has 7 heteroatoms. The van der Waals surface area contributed by atoms with Crippen LogP contribution in [-0.2, 0) is 19.5 Å². The van der Waals surface area contributed by atoms with E-state index in [1.165, 1.54) is 16.4 Å². The second-order valence-electron chi connectivity index (χ2n) is 7.55. The van der Waals surface area contributed by atoms with Crippen molar-refractivity contribution < 1.29 is 22.3 Å². The molecule has 4 rings (SSSR count). The molecule has 0 N–H and O–H groups in total. The van der Waals surface area contributed by atoms with Crippen LogP contribution in [0.4, 0.5) is 4.39 Å². The molecule has 2 aliphatic rings. The Kier molecular flexibility index (Phi) is 5.26. The van der Waals surface area contributed by atoms with E-state index in [-0.39, 0.29) is 11.9 Å². The second-order valence-corrected chi connectivity index (χ2v) is 9.49. The lowest BCUT2D eigenvalue weighted by Crippen LogP contribution is -2.56. The standard InChI is InChI=1S/C21H24FNO4S/c1-16-2-8-19(9-3-16)28(24,25)23-11-13-27-21(15-23)10-12-26-20(14-21)17-4-6-18(22)7-5-17/h2-9,20H,10-15H2,1H3/t20-,21-/m0/s1. The van der Waals surface area contributed by atoms with Crippen LogP contribution >= 0.6 is 0 Å². The Morgan fingerprint density at radius 3 is 2.50 bits per heavy atom. The third-order valence-electron chi connectivity index (χ3n) is 5.55. The molecule has 1 spiro atoms. The number of sulfonamides is 1. The fourth-order valence-corrected chi connectivity index (χ4v) is 5.43. The lowest BCUT2D eigenvalue weighted by molar-refractivity contribution is -0.163. The molecule has 0 aromatic heterocycles. The lowest BCUT2D eigenvalue weighted by Gasteiger charge is -2.46. The van der Waals surface area contributed by atoms with Gasteiger partial charge in [0, 0.05) is 25.9 Å². The highest BCUT2D eigenvalue weighted by Gasteiger charge is 2.45. The molecular weight excluding hydrogens is 381 g/mol. The summed E-state index contributed by atoms with van der Waals surface area (Å²) in [4.78, 5) is 0.303. The van der Waals surface area contributed by atoms with Gasteiger partial charge in [-0.1, -0.05) is 29.8 Å². The van der Waals surface area contributed by atoms with Crippen LogP contribution in [0.25, 0.3) is 0 Å². The number of ether oxygens (including phenoxy) is 2. The summed E-state index contributed by atoms with van der Waals surface area (Å²) in [6.07, 6.45) is 0.930. The second kappa shape index (κ2) is 7.55. The Bertz CT molecular complexity index is 926. The topological polar surface area (TPSA) is 55.8 Å². The Labute approximate surface area is 165 Å². The van der Waals surface area contributed by atoms with Gasteiger partial charge < -0.3 is 9.47 Å². The van der Waals surface area contributed by atoms with Gasteiger partial charge >= 0.3 is 0 Å². The Morgan fingerprint density at radius 1 is 1.07 bits per heavy atom. The van der Waals surface area contributed by atoms with Crippen LogP contribution in [0.3, 0.4) is 0 Å². The van der Waals surface area contributed by atoms with Gasteiger partial charge in [0.05, 0.1) is 29.8 Å². The summed E-state index contributed by atoms with van der Waals surface area (Å²) in [5, 5.41) is 0. The van der Waals surface area contributed by atoms with Crippen LogP contribution < -0.4 is 0 Å². The average molecular weight is 405 g/mol. The summed E-state index contributed by atoms with van der Waals surface area (Å²) < 4.78 is 53.0. The number of aryl methyl sites for hydroxylation is 1. The molecule has 2 aliphatic heterocycles. The predicted molar refractivity (Wildman–Crippen MR) is 103 cm³/mol. The molecule has 2 heterocycles.